The molecule has 3 heteroatoms. The summed E-state index contributed by atoms with van der Waals surface area (Å²) in [5.74, 6) is 0.744. The van der Waals surface area contributed by atoms with Gasteiger partial charge in [0, 0.05) is 10.7 Å². The quantitative estimate of drug-likeness (QED) is 0.746. The van der Waals surface area contributed by atoms with Crippen molar-refractivity contribution >= 4 is 16.8 Å². The van der Waals surface area contributed by atoms with Gasteiger partial charge >= 0.3 is 0 Å². The number of fused-ring (bicyclic) bond motifs is 1. The third-order valence-electron chi connectivity index (χ3n) is 3.39. The molecule has 0 radical (unpaired) electrons. The van der Waals surface area contributed by atoms with Gasteiger partial charge in [-0.05, 0) is 31.7 Å². The topological polar surface area (TPSA) is 38.4 Å². The Labute approximate surface area is 97.1 Å². The molecule has 1 aliphatic heterocycles. The van der Waals surface area contributed by atoms with Gasteiger partial charge in [0.1, 0.15) is 0 Å². The fourth-order valence-electron chi connectivity index (χ4n) is 2.38. The van der Waals surface area contributed by atoms with E-state index in [0.717, 1.165) is 17.7 Å². The lowest BCUT2D eigenvalue weighted by Crippen LogP contribution is -2.31. The van der Waals surface area contributed by atoms with Crippen molar-refractivity contribution in [1.29, 1.82) is 0 Å². The van der Waals surface area contributed by atoms with E-state index in [1.54, 1.807) is 0 Å². The van der Waals surface area contributed by atoms with E-state index >= 15 is 0 Å². The second-order valence-corrected chi connectivity index (χ2v) is 7.05. The van der Waals surface area contributed by atoms with Crippen LogP contribution in [0.4, 0.5) is 0 Å². The van der Waals surface area contributed by atoms with Crippen molar-refractivity contribution in [2.24, 2.45) is 22.1 Å². The Kier molecular flexibility index (Phi) is 3.13. The number of thioether (sulfide) groups is 1. The Morgan fingerprint density at radius 3 is 2.73 bits per heavy atom. The maximum absolute atomic E-state index is 5.76. The highest BCUT2D eigenvalue weighted by molar-refractivity contribution is 8.14. The molecule has 0 aromatic heterocycles. The largest absolute Gasteiger partial charge is 0.330 e. The molecule has 3 atom stereocenters. The van der Waals surface area contributed by atoms with Crippen molar-refractivity contribution in [3.05, 3.63) is 0 Å². The van der Waals surface area contributed by atoms with Crippen molar-refractivity contribution in [3.63, 3.8) is 0 Å². The Balaban J connectivity index is 2.03. The lowest BCUT2D eigenvalue weighted by atomic mass is 9.86. The number of hydrogen-bond donors (Lipinski definition) is 1. The van der Waals surface area contributed by atoms with Crippen LogP contribution in [0.1, 0.15) is 40.0 Å². The summed E-state index contributed by atoms with van der Waals surface area (Å²) in [5, 5.41) is 2.08. The Morgan fingerprint density at radius 2 is 2.13 bits per heavy atom. The van der Waals surface area contributed by atoms with Gasteiger partial charge in [-0.2, -0.15) is 0 Å². The van der Waals surface area contributed by atoms with Crippen LogP contribution in [0, 0.1) is 11.3 Å². The molecule has 2 aliphatic rings. The Bertz CT molecular complexity index is 267. The smallest absolute Gasteiger partial charge is 0.0736 e. The van der Waals surface area contributed by atoms with E-state index in [4.69, 9.17) is 10.7 Å². The molecular formula is C12H22N2S. The van der Waals surface area contributed by atoms with E-state index in [-0.39, 0.29) is 5.41 Å². The second-order valence-electron chi connectivity index (χ2n) is 5.82. The van der Waals surface area contributed by atoms with Crippen LogP contribution in [0.3, 0.4) is 0 Å². The lowest BCUT2D eigenvalue weighted by molar-refractivity contribution is 0.346. The minimum atomic E-state index is 0.236. The van der Waals surface area contributed by atoms with E-state index in [2.05, 4.69) is 20.8 Å². The molecule has 0 saturated heterocycles. The summed E-state index contributed by atoms with van der Waals surface area (Å²) in [4.78, 5) is 4.89. The number of nitrogens with two attached hydrogens (primary N) is 1. The van der Waals surface area contributed by atoms with Crippen LogP contribution in [-0.4, -0.2) is 22.9 Å². The standard InChI is InChI=1S/C12H22N2S/c1-12(2,3)11-14-9-5-4-8(7-13)6-10(9)15-11/h8-10H,4-7,13H2,1-3H3. The average Bonchev–Trinajstić information content (AvgIpc) is 2.59. The first-order valence-electron chi connectivity index (χ1n) is 5.95. The molecule has 0 aromatic rings. The summed E-state index contributed by atoms with van der Waals surface area (Å²) >= 11 is 2.02. The molecule has 2 nitrogen and oxygen atoms in total. The van der Waals surface area contributed by atoms with Gasteiger partial charge in [-0.1, -0.05) is 20.8 Å². The molecule has 3 unspecified atom stereocenters. The van der Waals surface area contributed by atoms with E-state index in [1.807, 2.05) is 11.8 Å². The predicted octanol–water partition coefficient (Wildman–Crippen LogP) is 2.67. The van der Waals surface area contributed by atoms with Crippen molar-refractivity contribution in [1.82, 2.24) is 0 Å². The van der Waals surface area contributed by atoms with Crippen molar-refractivity contribution in [2.75, 3.05) is 6.54 Å². The highest BCUT2D eigenvalue weighted by Crippen LogP contribution is 2.43. The molecule has 0 amide bonds. The molecule has 1 saturated carbocycles. The van der Waals surface area contributed by atoms with Crippen molar-refractivity contribution in [3.8, 4) is 0 Å². The van der Waals surface area contributed by atoms with E-state index in [0.29, 0.717) is 6.04 Å². The summed E-state index contributed by atoms with van der Waals surface area (Å²) in [5.41, 5.74) is 6.00. The number of hydrogen-bond acceptors (Lipinski definition) is 3. The summed E-state index contributed by atoms with van der Waals surface area (Å²) < 4.78 is 0. The molecule has 1 aliphatic carbocycles. The predicted molar refractivity (Wildman–Crippen MR) is 68.5 cm³/mol. The number of aliphatic imine (C=N–C) groups is 1. The summed E-state index contributed by atoms with van der Waals surface area (Å²) in [6.45, 7) is 7.64. The molecule has 0 spiro atoms. The van der Waals surface area contributed by atoms with Gasteiger partial charge in [-0.3, -0.25) is 4.99 Å². The minimum absolute atomic E-state index is 0.236. The summed E-state index contributed by atoms with van der Waals surface area (Å²) in [7, 11) is 0. The van der Waals surface area contributed by atoms with E-state index in [9.17, 15) is 0 Å². The highest BCUT2D eigenvalue weighted by atomic mass is 32.2. The fraction of sp³-hybridized carbons (Fsp3) is 0.917. The first kappa shape index (κ1) is 11.5. The average molecular weight is 226 g/mol. The SMILES string of the molecule is CC(C)(C)C1=NC2CCC(CN)CC2S1. The molecule has 2 N–H and O–H groups in total. The third-order valence-corrected chi connectivity index (χ3v) is 5.14. The van der Waals surface area contributed by atoms with Crippen LogP contribution in [0.25, 0.3) is 0 Å². The molecular weight excluding hydrogens is 204 g/mol. The van der Waals surface area contributed by atoms with Gasteiger partial charge < -0.3 is 5.73 Å². The molecule has 1 fully saturated rings. The van der Waals surface area contributed by atoms with E-state index in [1.165, 1.54) is 24.3 Å². The van der Waals surface area contributed by atoms with Crippen LogP contribution in [0.2, 0.25) is 0 Å². The van der Waals surface area contributed by atoms with Gasteiger partial charge in [-0.25, -0.2) is 0 Å². The Morgan fingerprint density at radius 1 is 1.40 bits per heavy atom. The van der Waals surface area contributed by atoms with Gasteiger partial charge in [0.05, 0.1) is 11.1 Å². The summed E-state index contributed by atoms with van der Waals surface area (Å²) in [6.07, 6.45) is 3.80. The normalized spacial score (nSPS) is 36.3. The first-order chi connectivity index (χ1) is 7.00. The van der Waals surface area contributed by atoms with Gasteiger partial charge in [-0.15, -0.1) is 11.8 Å². The first-order valence-corrected chi connectivity index (χ1v) is 6.83. The van der Waals surface area contributed by atoms with Gasteiger partial charge in [0.25, 0.3) is 0 Å². The molecule has 2 rings (SSSR count). The highest BCUT2D eigenvalue weighted by Gasteiger charge is 2.38. The van der Waals surface area contributed by atoms with Crippen LogP contribution in [0.15, 0.2) is 4.99 Å². The van der Waals surface area contributed by atoms with Gasteiger partial charge in [0.15, 0.2) is 0 Å². The monoisotopic (exact) mass is 226 g/mol. The van der Waals surface area contributed by atoms with E-state index < -0.39 is 0 Å². The zero-order valence-corrected chi connectivity index (χ0v) is 10.8. The number of rotatable bonds is 1. The molecule has 0 bridgehead atoms. The van der Waals surface area contributed by atoms with Crippen LogP contribution >= 0.6 is 11.8 Å². The maximum atomic E-state index is 5.76. The third kappa shape index (κ3) is 2.39. The Hall–Kier alpha value is -0.0200. The molecule has 1 heterocycles. The van der Waals surface area contributed by atoms with Crippen molar-refractivity contribution in [2.45, 2.75) is 51.3 Å². The zero-order chi connectivity index (χ0) is 11.1. The number of nitrogens with zero attached hydrogens (tertiary/aromatic N) is 1. The molecule has 0 aromatic carbocycles. The van der Waals surface area contributed by atoms with Crippen molar-refractivity contribution < 1.29 is 0 Å². The zero-order valence-electron chi connectivity index (χ0n) is 9.99. The van der Waals surface area contributed by atoms with Crippen LogP contribution < -0.4 is 5.73 Å². The maximum Gasteiger partial charge on any atom is 0.0736 e. The fourth-order valence-corrected chi connectivity index (χ4v) is 3.94. The molecule has 86 valence electrons. The van der Waals surface area contributed by atoms with Crippen LogP contribution in [0.5, 0.6) is 0 Å². The lowest BCUT2D eigenvalue weighted by Gasteiger charge is -2.29. The van der Waals surface area contributed by atoms with Crippen LogP contribution in [-0.2, 0) is 0 Å². The minimum Gasteiger partial charge on any atom is -0.330 e. The van der Waals surface area contributed by atoms with Gasteiger partial charge in [0.2, 0.25) is 0 Å². The molecule has 15 heavy (non-hydrogen) atoms. The summed E-state index contributed by atoms with van der Waals surface area (Å²) in [6, 6.07) is 0.590. The second kappa shape index (κ2) is 4.10.